The number of amides is 1. The average Bonchev–Trinajstić information content (AvgIpc) is 3.02. The number of aromatic nitrogens is 2. The zero-order valence-electron chi connectivity index (χ0n) is 15.9. The number of thiophene rings is 1. The van der Waals surface area contributed by atoms with Crippen LogP contribution in [0.3, 0.4) is 0 Å². The number of rotatable bonds is 9. The van der Waals surface area contributed by atoms with Crippen LogP contribution in [0, 0.1) is 6.92 Å². The molecule has 1 amide bonds. The summed E-state index contributed by atoms with van der Waals surface area (Å²) in [6.45, 7) is 5.72. The first-order valence-corrected chi connectivity index (χ1v) is 10.3. The van der Waals surface area contributed by atoms with Crippen LogP contribution in [-0.2, 0) is 4.79 Å². The SMILES string of the molecule is CCCCNC(=O)CCCNc1ncnc2sc(C)c(-c3ccccc3)c12. The van der Waals surface area contributed by atoms with Crippen molar-refractivity contribution in [2.75, 3.05) is 18.4 Å². The van der Waals surface area contributed by atoms with Crippen molar-refractivity contribution >= 4 is 33.3 Å². The molecule has 0 aliphatic heterocycles. The maximum Gasteiger partial charge on any atom is 0.220 e. The average molecular weight is 383 g/mol. The lowest BCUT2D eigenvalue weighted by molar-refractivity contribution is -0.121. The van der Waals surface area contributed by atoms with E-state index < -0.39 is 0 Å². The van der Waals surface area contributed by atoms with Crippen molar-refractivity contribution in [2.24, 2.45) is 0 Å². The Bertz CT molecular complexity index is 892. The predicted octanol–water partition coefficient (Wildman–Crippen LogP) is 4.78. The van der Waals surface area contributed by atoms with Gasteiger partial charge in [-0.3, -0.25) is 4.79 Å². The maximum atomic E-state index is 11.8. The highest BCUT2D eigenvalue weighted by atomic mass is 32.1. The number of unbranched alkanes of at least 4 members (excludes halogenated alkanes) is 1. The summed E-state index contributed by atoms with van der Waals surface area (Å²) in [6.07, 6.45) is 5.03. The molecule has 3 rings (SSSR count). The van der Waals surface area contributed by atoms with E-state index >= 15 is 0 Å². The molecule has 5 nitrogen and oxygen atoms in total. The summed E-state index contributed by atoms with van der Waals surface area (Å²) in [5.41, 5.74) is 2.37. The van der Waals surface area contributed by atoms with Crippen LogP contribution in [0.1, 0.15) is 37.5 Å². The van der Waals surface area contributed by atoms with Crippen LogP contribution in [0.25, 0.3) is 21.3 Å². The van der Waals surface area contributed by atoms with E-state index in [1.54, 1.807) is 17.7 Å². The predicted molar refractivity (Wildman–Crippen MR) is 113 cm³/mol. The molecule has 0 aliphatic rings. The molecular weight excluding hydrogens is 356 g/mol. The first-order valence-electron chi connectivity index (χ1n) is 9.50. The van der Waals surface area contributed by atoms with Crippen LogP contribution in [0.15, 0.2) is 36.7 Å². The molecule has 0 bridgehead atoms. The molecule has 2 heterocycles. The molecule has 27 heavy (non-hydrogen) atoms. The Morgan fingerprint density at radius 3 is 2.70 bits per heavy atom. The van der Waals surface area contributed by atoms with Crippen molar-refractivity contribution in [3.8, 4) is 11.1 Å². The van der Waals surface area contributed by atoms with E-state index in [0.29, 0.717) is 13.0 Å². The van der Waals surface area contributed by atoms with E-state index in [2.05, 4.69) is 46.6 Å². The largest absolute Gasteiger partial charge is 0.369 e. The molecule has 0 spiro atoms. The summed E-state index contributed by atoms with van der Waals surface area (Å²) in [6, 6.07) is 10.4. The van der Waals surface area contributed by atoms with Gasteiger partial charge in [-0.05, 0) is 25.3 Å². The van der Waals surface area contributed by atoms with Crippen LogP contribution >= 0.6 is 11.3 Å². The van der Waals surface area contributed by atoms with E-state index in [1.165, 1.54) is 16.0 Å². The van der Waals surface area contributed by atoms with Crippen molar-refractivity contribution in [1.29, 1.82) is 0 Å². The summed E-state index contributed by atoms with van der Waals surface area (Å²) in [5.74, 6) is 0.962. The van der Waals surface area contributed by atoms with Crippen LogP contribution in [-0.4, -0.2) is 29.0 Å². The van der Waals surface area contributed by atoms with Crippen LogP contribution in [0.4, 0.5) is 5.82 Å². The molecule has 3 aromatic rings. The van der Waals surface area contributed by atoms with Gasteiger partial charge in [-0.1, -0.05) is 43.7 Å². The quantitative estimate of drug-likeness (QED) is 0.523. The van der Waals surface area contributed by atoms with Crippen molar-refractivity contribution < 1.29 is 4.79 Å². The molecule has 0 saturated carbocycles. The van der Waals surface area contributed by atoms with Crippen molar-refractivity contribution in [2.45, 2.75) is 39.5 Å². The minimum Gasteiger partial charge on any atom is -0.369 e. The number of nitrogens with zero attached hydrogens (tertiary/aromatic N) is 2. The number of hydrogen-bond acceptors (Lipinski definition) is 5. The number of fused-ring (bicyclic) bond motifs is 1. The Hall–Kier alpha value is -2.47. The molecule has 0 saturated heterocycles. The van der Waals surface area contributed by atoms with E-state index in [0.717, 1.165) is 41.8 Å². The summed E-state index contributed by atoms with van der Waals surface area (Å²) in [4.78, 5) is 23.0. The first-order chi connectivity index (χ1) is 13.2. The second-order valence-corrected chi connectivity index (χ2v) is 7.74. The Kier molecular flexibility index (Phi) is 6.76. The van der Waals surface area contributed by atoms with Crippen molar-refractivity contribution in [1.82, 2.24) is 15.3 Å². The van der Waals surface area contributed by atoms with Crippen molar-refractivity contribution in [3.05, 3.63) is 41.5 Å². The monoisotopic (exact) mass is 382 g/mol. The van der Waals surface area contributed by atoms with Gasteiger partial charge in [0.15, 0.2) is 0 Å². The van der Waals surface area contributed by atoms with Gasteiger partial charge in [0, 0.05) is 30.0 Å². The summed E-state index contributed by atoms with van der Waals surface area (Å²) >= 11 is 1.69. The highest BCUT2D eigenvalue weighted by Gasteiger charge is 2.16. The fraction of sp³-hybridized carbons (Fsp3) is 0.381. The topological polar surface area (TPSA) is 66.9 Å². The molecule has 6 heteroatoms. The number of benzene rings is 1. The first kappa shape index (κ1) is 19.3. The second-order valence-electron chi connectivity index (χ2n) is 6.54. The van der Waals surface area contributed by atoms with Crippen molar-refractivity contribution in [3.63, 3.8) is 0 Å². The van der Waals surface area contributed by atoms with Gasteiger partial charge in [0.25, 0.3) is 0 Å². The Morgan fingerprint density at radius 2 is 1.93 bits per heavy atom. The summed E-state index contributed by atoms with van der Waals surface area (Å²) < 4.78 is 0. The van der Waals surface area contributed by atoms with Crippen LogP contribution in [0.2, 0.25) is 0 Å². The lowest BCUT2D eigenvalue weighted by Crippen LogP contribution is -2.24. The standard InChI is InChI=1S/C21H26N4OS/c1-3-4-12-22-17(26)11-8-13-23-20-19-18(16-9-6-5-7-10-16)15(2)27-21(19)25-14-24-20/h5-7,9-10,14H,3-4,8,11-13H2,1-2H3,(H,22,26)(H,23,24,25). The van der Waals surface area contributed by atoms with Gasteiger partial charge in [-0.2, -0.15) is 0 Å². The van der Waals surface area contributed by atoms with Gasteiger partial charge in [0.1, 0.15) is 17.0 Å². The van der Waals surface area contributed by atoms with Gasteiger partial charge < -0.3 is 10.6 Å². The lowest BCUT2D eigenvalue weighted by Gasteiger charge is -2.09. The zero-order valence-corrected chi connectivity index (χ0v) is 16.7. The molecule has 2 aromatic heterocycles. The fourth-order valence-electron chi connectivity index (χ4n) is 3.08. The minimum atomic E-state index is 0.120. The van der Waals surface area contributed by atoms with E-state index in [-0.39, 0.29) is 5.91 Å². The van der Waals surface area contributed by atoms with Crippen LogP contribution in [0.5, 0.6) is 0 Å². The van der Waals surface area contributed by atoms with Gasteiger partial charge in [0.2, 0.25) is 5.91 Å². The number of aryl methyl sites for hydroxylation is 1. The molecular formula is C21H26N4OS. The molecule has 0 radical (unpaired) electrons. The minimum absolute atomic E-state index is 0.120. The molecule has 142 valence electrons. The molecule has 0 fully saturated rings. The fourth-order valence-corrected chi connectivity index (χ4v) is 4.09. The number of hydrogen-bond donors (Lipinski definition) is 2. The highest BCUT2D eigenvalue weighted by molar-refractivity contribution is 7.19. The lowest BCUT2D eigenvalue weighted by atomic mass is 10.0. The number of carbonyl (C=O) groups excluding carboxylic acids is 1. The molecule has 0 atom stereocenters. The summed E-state index contributed by atoms with van der Waals surface area (Å²) in [7, 11) is 0. The van der Waals surface area contributed by atoms with Gasteiger partial charge in [-0.25, -0.2) is 9.97 Å². The molecule has 0 unspecified atom stereocenters. The smallest absolute Gasteiger partial charge is 0.220 e. The number of nitrogens with one attached hydrogen (secondary N) is 2. The number of anilines is 1. The molecule has 1 aromatic carbocycles. The highest BCUT2D eigenvalue weighted by Crippen LogP contribution is 2.40. The Morgan fingerprint density at radius 1 is 1.11 bits per heavy atom. The third-order valence-corrected chi connectivity index (χ3v) is 5.47. The van der Waals surface area contributed by atoms with Crippen LogP contribution < -0.4 is 10.6 Å². The third-order valence-electron chi connectivity index (χ3n) is 4.45. The maximum absolute atomic E-state index is 11.8. The normalized spacial score (nSPS) is 10.9. The zero-order chi connectivity index (χ0) is 19.1. The second kappa shape index (κ2) is 9.46. The van der Waals surface area contributed by atoms with E-state index in [1.807, 2.05) is 18.2 Å². The Labute approximate surface area is 164 Å². The molecule has 2 N–H and O–H groups in total. The van der Waals surface area contributed by atoms with Gasteiger partial charge >= 0.3 is 0 Å². The summed E-state index contributed by atoms with van der Waals surface area (Å²) in [5, 5.41) is 7.43. The third kappa shape index (κ3) is 4.83. The number of carbonyl (C=O) groups is 1. The van der Waals surface area contributed by atoms with E-state index in [4.69, 9.17) is 0 Å². The van der Waals surface area contributed by atoms with E-state index in [9.17, 15) is 4.79 Å². The molecule has 0 aliphatic carbocycles. The van der Waals surface area contributed by atoms with Gasteiger partial charge in [0.05, 0.1) is 5.39 Å². The van der Waals surface area contributed by atoms with Gasteiger partial charge in [-0.15, -0.1) is 11.3 Å². The Balaban J connectivity index is 1.69.